The third-order valence-electron chi connectivity index (χ3n) is 4.12. The summed E-state index contributed by atoms with van der Waals surface area (Å²) in [5.74, 6) is 0.335. The van der Waals surface area contributed by atoms with Gasteiger partial charge in [-0.3, -0.25) is 0 Å². The fourth-order valence-corrected chi connectivity index (χ4v) is 2.78. The molecule has 0 fully saturated rings. The predicted octanol–water partition coefficient (Wildman–Crippen LogP) is 1.95. The fraction of sp³-hybridized carbons (Fsp3) is 0.111. The van der Waals surface area contributed by atoms with Gasteiger partial charge in [-0.25, -0.2) is 9.97 Å². The highest BCUT2D eigenvalue weighted by Gasteiger charge is 2.26. The van der Waals surface area contributed by atoms with E-state index in [1.54, 1.807) is 36.4 Å². The van der Waals surface area contributed by atoms with Crippen LogP contribution in [0.25, 0.3) is 22.1 Å². The van der Waals surface area contributed by atoms with Gasteiger partial charge < -0.3 is 20.2 Å². The van der Waals surface area contributed by atoms with Gasteiger partial charge in [0.2, 0.25) is 0 Å². The average Bonchev–Trinajstić information content (AvgIpc) is 3.29. The van der Waals surface area contributed by atoms with Gasteiger partial charge in [0.05, 0.1) is 45.3 Å². The van der Waals surface area contributed by atoms with Crippen LogP contribution >= 0.6 is 0 Å². The number of nitriles is 2. The van der Waals surface area contributed by atoms with E-state index in [0.717, 1.165) is 0 Å². The topological polar surface area (TPSA) is 145 Å². The van der Waals surface area contributed by atoms with Gasteiger partial charge >= 0.3 is 0 Å². The van der Waals surface area contributed by atoms with Gasteiger partial charge in [0.1, 0.15) is 23.9 Å². The zero-order valence-electron chi connectivity index (χ0n) is 13.3. The van der Waals surface area contributed by atoms with Crippen LogP contribution in [0, 0.1) is 22.7 Å². The van der Waals surface area contributed by atoms with Crippen LogP contribution < -0.4 is 0 Å². The number of benzene rings is 2. The molecule has 0 bridgehead atoms. The summed E-state index contributed by atoms with van der Waals surface area (Å²) in [5.41, 5.74) is 3.27. The number of H-pyrrole nitrogens is 2. The van der Waals surface area contributed by atoms with Gasteiger partial charge in [-0.2, -0.15) is 10.5 Å². The summed E-state index contributed by atoms with van der Waals surface area (Å²) >= 11 is 0. The van der Waals surface area contributed by atoms with Crippen LogP contribution in [0.1, 0.15) is 35.0 Å². The molecule has 0 aliphatic rings. The average molecular weight is 344 g/mol. The lowest BCUT2D eigenvalue weighted by molar-refractivity contribution is 0.00780. The molecule has 4 N–H and O–H groups in total. The highest BCUT2D eigenvalue weighted by Crippen LogP contribution is 2.28. The van der Waals surface area contributed by atoms with E-state index in [9.17, 15) is 10.2 Å². The lowest BCUT2D eigenvalue weighted by Crippen LogP contribution is -2.13. The molecule has 0 radical (unpaired) electrons. The molecular formula is C18H12N6O2. The van der Waals surface area contributed by atoms with Crippen molar-refractivity contribution >= 4 is 22.1 Å². The van der Waals surface area contributed by atoms with E-state index in [-0.39, 0.29) is 11.6 Å². The second-order valence-corrected chi connectivity index (χ2v) is 5.82. The smallest absolute Gasteiger partial charge is 0.145 e. The van der Waals surface area contributed by atoms with Crippen molar-refractivity contribution in [2.45, 2.75) is 12.2 Å². The molecule has 0 aliphatic carbocycles. The number of fused-ring (bicyclic) bond motifs is 2. The molecule has 8 heteroatoms. The Bertz CT molecular complexity index is 1110. The van der Waals surface area contributed by atoms with E-state index < -0.39 is 12.2 Å². The molecule has 4 aromatic rings. The maximum absolute atomic E-state index is 10.5. The van der Waals surface area contributed by atoms with Gasteiger partial charge in [0.25, 0.3) is 0 Å². The van der Waals surface area contributed by atoms with Crippen molar-refractivity contribution in [3.8, 4) is 12.1 Å². The Morgan fingerprint density at radius 1 is 0.769 bits per heavy atom. The van der Waals surface area contributed by atoms with Gasteiger partial charge in [-0.05, 0) is 36.4 Å². The van der Waals surface area contributed by atoms with Crippen molar-refractivity contribution in [3.05, 3.63) is 59.2 Å². The number of aliphatic hydroxyl groups is 2. The van der Waals surface area contributed by atoms with Gasteiger partial charge in [-0.1, -0.05) is 0 Å². The van der Waals surface area contributed by atoms with Crippen LogP contribution in [0.15, 0.2) is 36.4 Å². The van der Waals surface area contributed by atoms with Crippen molar-refractivity contribution < 1.29 is 10.2 Å². The lowest BCUT2D eigenvalue weighted by atomic mass is 10.2. The molecular weight excluding hydrogens is 332 g/mol. The van der Waals surface area contributed by atoms with E-state index in [1.165, 1.54) is 0 Å². The summed E-state index contributed by atoms with van der Waals surface area (Å²) in [6, 6.07) is 13.9. The first-order valence-corrected chi connectivity index (χ1v) is 7.74. The van der Waals surface area contributed by atoms with Gasteiger partial charge in [0, 0.05) is 0 Å². The lowest BCUT2D eigenvalue weighted by Gasteiger charge is -2.13. The molecule has 0 saturated carbocycles. The van der Waals surface area contributed by atoms with E-state index in [4.69, 9.17) is 10.5 Å². The molecule has 8 nitrogen and oxygen atoms in total. The van der Waals surface area contributed by atoms with Crippen molar-refractivity contribution in [1.82, 2.24) is 19.9 Å². The van der Waals surface area contributed by atoms with Gasteiger partial charge in [-0.15, -0.1) is 0 Å². The van der Waals surface area contributed by atoms with Crippen LogP contribution in [0.5, 0.6) is 0 Å². The maximum atomic E-state index is 10.5. The van der Waals surface area contributed by atoms with Crippen LogP contribution in [-0.4, -0.2) is 30.1 Å². The van der Waals surface area contributed by atoms with E-state index >= 15 is 0 Å². The first kappa shape index (κ1) is 15.8. The number of hydrogen-bond donors (Lipinski definition) is 4. The van der Waals surface area contributed by atoms with Crippen LogP contribution in [0.3, 0.4) is 0 Å². The number of nitrogens with one attached hydrogen (secondary N) is 2. The number of aromatic nitrogens is 4. The zero-order chi connectivity index (χ0) is 18.3. The molecule has 2 aromatic heterocycles. The van der Waals surface area contributed by atoms with Gasteiger partial charge in [0.15, 0.2) is 0 Å². The molecule has 2 aromatic carbocycles. The Balaban J connectivity index is 1.68. The van der Waals surface area contributed by atoms with E-state index in [0.29, 0.717) is 33.2 Å². The first-order chi connectivity index (χ1) is 12.6. The van der Waals surface area contributed by atoms with Crippen LogP contribution in [0.4, 0.5) is 0 Å². The summed E-state index contributed by atoms with van der Waals surface area (Å²) in [4.78, 5) is 14.3. The molecule has 0 unspecified atom stereocenters. The number of aliphatic hydroxyl groups excluding tert-OH is 2. The molecule has 0 amide bonds. The Labute approximate surface area is 147 Å². The second kappa shape index (κ2) is 5.97. The largest absolute Gasteiger partial charge is 0.382 e. The third kappa shape index (κ3) is 2.56. The monoisotopic (exact) mass is 344 g/mol. The third-order valence-corrected chi connectivity index (χ3v) is 4.12. The summed E-state index contributed by atoms with van der Waals surface area (Å²) in [6.45, 7) is 0. The molecule has 126 valence electrons. The normalized spacial score (nSPS) is 13.4. The van der Waals surface area contributed by atoms with Crippen LogP contribution in [0.2, 0.25) is 0 Å². The minimum absolute atomic E-state index is 0.167. The molecule has 0 aliphatic heterocycles. The number of rotatable bonds is 3. The first-order valence-electron chi connectivity index (χ1n) is 7.74. The molecule has 0 saturated heterocycles. The van der Waals surface area contributed by atoms with Crippen molar-refractivity contribution in [2.75, 3.05) is 0 Å². The van der Waals surface area contributed by atoms with E-state index in [2.05, 4.69) is 19.9 Å². The summed E-state index contributed by atoms with van der Waals surface area (Å²) < 4.78 is 0. The Kier molecular flexibility index (Phi) is 3.63. The second-order valence-electron chi connectivity index (χ2n) is 5.82. The fourth-order valence-electron chi connectivity index (χ4n) is 2.78. The van der Waals surface area contributed by atoms with E-state index in [1.807, 2.05) is 12.1 Å². The summed E-state index contributed by atoms with van der Waals surface area (Å²) in [5, 5.41) is 38.9. The Hall–Kier alpha value is -3.72. The highest BCUT2D eigenvalue weighted by molar-refractivity contribution is 5.77. The minimum atomic E-state index is -1.34. The SMILES string of the molecule is N#Cc1ccc2nc([C@@H](O)[C@H](O)c3nc4ccc(C#N)cc4[nH]3)[nH]c2c1. The number of hydrogen-bond acceptors (Lipinski definition) is 6. The number of aromatic amines is 2. The Morgan fingerprint density at radius 2 is 1.19 bits per heavy atom. The number of imidazole rings is 2. The van der Waals surface area contributed by atoms with Crippen molar-refractivity contribution in [3.63, 3.8) is 0 Å². The molecule has 0 spiro atoms. The molecule has 26 heavy (non-hydrogen) atoms. The molecule has 2 atom stereocenters. The predicted molar refractivity (Wildman–Crippen MR) is 91.5 cm³/mol. The molecule has 4 rings (SSSR count). The maximum Gasteiger partial charge on any atom is 0.145 e. The standard InChI is InChI=1S/C18H12N6O2/c19-7-9-1-3-11-13(5-9)23-17(21-11)15(25)16(26)18-22-12-4-2-10(8-20)6-14(12)24-18/h1-6,15-16,25-26H,(H,21,23)(H,22,24)/t15-,16-/m0/s1. The highest BCUT2D eigenvalue weighted by atomic mass is 16.3. The number of nitrogens with zero attached hydrogens (tertiary/aromatic N) is 4. The minimum Gasteiger partial charge on any atom is -0.382 e. The van der Waals surface area contributed by atoms with Crippen molar-refractivity contribution in [1.29, 1.82) is 10.5 Å². The van der Waals surface area contributed by atoms with Crippen molar-refractivity contribution in [2.24, 2.45) is 0 Å². The summed E-state index contributed by atoms with van der Waals surface area (Å²) in [6.07, 6.45) is -2.69. The quantitative estimate of drug-likeness (QED) is 0.447. The van der Waals surface area contributed by atoms with Crippen LogP contribution in [-0.2, 0) is 0 Å². The summed E-state index contributed by atoms with van der Waals surface area (Å²) in [7, 11) is 0. The molecule has 2 heterocycles. The zero-order valence-corrected chi connectivity index (χ0v) is 13.3. The Morgan fingerprint density at radius 3 is 1.58 bits per heavy atom.